The molecular formula is C20H23N5O2. The van der Waals surface area contributed by atoms with Crippen LogP contribution in [-0.2, 0) is 13.0 Å². The van der Waals surface area contributed by atoms with E-state index in [1.54, 1.807) is 13.4 Å². The molecule has 0 atom stereocenters. The van der Waals surface area contributed by atoms with E-state index in [9.17, 15) is 4.79 Å². The van der Waals surface area contributed by atoms with Crippen LogP contribution in [0, 0.1) is 6.92 Å². The number of nitrogens with zero attached hydrogens (tertiary/aromatic N) is 4. The third-order valence-electron chi connectivity index (χ3n) is 5.17. The van der Waals surface area contributed by atoms with Gasteiger partial charge in [0.25, 0.3) is 5.91 Å². The van der Waals surface area contributed by atoms with Gasteiger partial charge >= 0.3 is 0 Å². The zero-order valence-electron chi connectivity index (χ0n) is 16.0. The van der Waals surface area contributed by atoms with Crippen molar-refractivity contribution in [1.82, 2.24) is 19.9 Å². The molecule has 1 N–H and O–H groups in total. The van der Waals surface area contributed by atoms with E-state index in [1.165, 1.54) is 0 Å². The third kappa shape index (κ3) is 2.89. The molecule has 0 fully saturated rings. The number of rotatable bonds is 3. The Morgan fingerprint density at radius 3 is 2.85 bits per heavy atom. The molecule has 2 aromatic heterocycles. The molecule has 0 saturated heterocycles. The van der Waals surface area contributed by atoms with Gasteiger partial charge in [0.05, 0.1) is 19.3 Å². The normalized spacial score (nSPS) is 13.6. The number of aromatic nitrogens is 3. The zero-order chi connectivity index (χ0) is 19.1. The summed E-state index contributed by atoms with van der Waals surface area (Å²) in [6.07, 6.45) is 2.32. The standard InChI is InChI=1S/C20H23N5O2/c1-12-15-9-13(27-4)5-6-16(15)23-18(12)20(26)25-8-7-14-17(10-25)21-11-22-19(14)24(2)3/h5-6,9,11,23H,7-8,10H2,1-4H3. The van der Waals surface area contributed by atoms with Crippen LogP contribution in [0.2, 0.25) is 0 Å². The molecule has 1 aromatic carbocycles. The fourth-order valence-corrected chi connectivity index (χ4v) is 3.70. The lowest BCUT2D eigenvalue weighted by molar-refractivity contribution is 0.0726. The number of amides is 1. The quantitative estimate of drug-likeness (QED) is 0.772. The van der Waals surface area contributed by atoms with Gasteiger partial charge in [0.15, 0.2) is 0 Å². The number of aryl methyl sites for hydroxylation is 1. The Labute approximate surface area is 158 Å². The van der Waals surface area contributed by atoms with E-state index in [4.69, 9.17) is 4.74 Å². The number of carbonyl (C=O) groups is 1. The number of ether oxygens (including phenoxy) is 1. The lowest BCUT2D eigenvalue weighted by Gasteiger charge is -2.30. The first-order chi connectivity index (χ1) is 13.0. The van der Waals surface area contributed by atoms with Gasteiger partial charge < -0.3 is 19.5 Å². The summed E-state index contributed by atoms with van der Waals surface area (Å²) in [6.45, 7) is 3.11. The molecule has 27 heavy (non-hydrogen) atoms. The van der Waals surface area contributed by atoms with Crippen molar-refractivity contribution >= 4 is 22.6 Å². The zero-order valence-corrected chi connectivity index (χ0v) is 16.0. The first-order valence-electron chi connectivity index (χ1n) is 8.95. The van der Waals surface area contributed by atoms with E-state index in [0.29, 0.717) is 18.8 Å². The second kappa shape index (κ2) is 6.57. The average Bonchev–Trinajstić information content (AvgIpc) is 3.02. The van der Waals surface area contributed by atoms with Gasteiger partial charge in [-0.05, 0) is 37.1 Å². The summed E-state index contributed by atoms with van der Waals surface area (Å²) < 4.78 is 5.31. The molecule has 4 rings (SSSR count). The predicted octanol–water partition coefficient (Wildman–Crippen LogP) is 2.54. The number of fused-ring (bicyclic) bond motifs is 2. The number of carbonyl (C=O) groups excluding carboxylic acids is 1. The smallest absolute Gasteiger partial charge is 0.270 e. The fourth-order valence-electron chi connectivity index (χ4n) is 3.70. The molecule has 1 aliphatic rings. The maximum atomic E-state index is 13.2. The SMILES string of the molecule is COc1ccc2[nH]c(C(=O)N3CCc4c(ncnc4N(C)C)C3)c(C)c2c1. The molecule has 0 saturated carbocycles. The second-order valence-electron chi connectivity index (χ2n) is 7.03. The minimum Gasteiger partial charge on any atom is -0.497 e. The summed E-state index contributed by atoms with van der Waals surface area (Å²) >= 11 is 0. The molecular weight excluding hydrogens is 342 g/mol. The maximum Gasteiger partial charge on any atom is 0.270 e. The third-order valence-corrected chi connectivity index (χ3v) is 5.17. The average molecular weight is 365 g/mol. The lowest BCUT2D eigenvalue weighted by atomic mass is 10.0. The van der Waals surface area contributed by atoms with Crippen LogP contribution in [0.4, 0.5) is 5.82 Å². The van der Waals surface area contributed by atoms with Gasteiger partial charge in [-0.1, -0.05) is 0 Å². The van der Waals surface area contributed by atoms with Crippen molar-refractivity contribution in [2.24, 2.45) is 0 Å². The molecule has 1 aliphatic heterocycles. The van der Waals surface area contributed by atoms with Crippen LogP contribution < -0.4 is 9.64 Å². The lowest BCUT2D eigenvalue weighted by Crippen LogP contribution is -2.37. The van der Waals surface area contributed by atoms with Crippen LogP contribution in [0.1, 0.15) is 27.3 Å². The number of nitrogens with one attached hydrogen (secondary N) is 1. The first kappa shape index (κ1) is 17.3. The Hall–Kier alpha value is -3.09. The van der Waals surface area contributed by atoms with E-state index in [2.05, 4.69) is 15.0 Å². The van der Waals surface area contributed by atoms with E-state index < -0.39 is 0 Å². The minimum absolute atomic E-state index is 0.00154. The van der Waals surface area contributed by atoms with Gasteiger partial charge in [-0.25, -0.2) is 9.97 Å². The number of benzene rings is 1. The monoisotopic (exact) mass is 365 g/mol. The number of anilines is 1. The van der Waals surface area contributed by atoms with Crippen LogP contribution >= 0.6 is 0 Å². The Morgan fingerprint density at radius 1 is 1.30 bits per heavy atom. The van der Waals surface area contributed by atoms with E-state index in [1.807, 2.05) is 49.0 Å². The summed E-state index contributed by atoms with van der Waals surface area (Å²) in [5.41, 5.74) is 4.56. The number of methoxy groups -OCH3 is 1. The second-order valence-corrected chi connectivity index (χ2v) is 7.03. The summed E-state index contributed by atoms with van der Waals surface area (Å²) in [4.78, 5) is 29.1. The summed E-state index contributed by atoms with van der Waals surface area (Å²) in [5, 5.41) is 1.01. The highest BCUT2D eigenvalue weighted by atomic mass is 16.5. The minimum atomic E-state index is -0.00154. The molecule has 0 aliphatic carbocycles. The molecule has 0 spiro atoms. The van der Waals surface area contributed by atoms with Gasteiger partial charge in [0.1, 0.15) is 23.6 Å². The highest BCUT2D eigenvalue weighted by Gasteiger charge is 2.27. The summed E-state index contributed by atoms with van der Waals surface area (Å²) in [5.74, 6) is 1.71. The summed E-state index contributed by atoms with van der Waals surface area (Å²) in [7, 11) is 5.59. The number of hydrogen-bond acceptors (Lipinski definition) is 5. The Kier molecular flexibility index (Phi) is 4.22. The van der Waals surface area contributed by atoms with Crippen LogP contribution in [0.15, 0.2) is 24.5 Å². The van der Waals surface area contributed by atoms with E-state index in [0.717, 1.165) is 45.7 Å². The van der Waals surface area contributed by atoms with Gasteiger partial charge in [0, 0.05) is 37.1 Å². The largest absolute Gasteiger partial charge is 0.497 e. The van der Waals surface area contributed by atoms with Crippen molar-refractivity contribution in [2.75, 3.05) is 32.6 Å². The number of hydrogen-bond donors (Lipinski definition) is 1. The summed E-state index contributed by atoms with van der Waals surface area (Å²) in [6, 6.07) is 5.80. The number of H-pyrrole nitrogens is 1. The Bertz CT molecular complexity index is 1020. The highest BCUT2D eigenvalue weighted by Crippen LogP contribution is 2.29. The van der Waals surface area contributed by atoms with Gasteiger partial charge in [-0.2, -0.15) is 0 Å². The van der Waals surface area contributed by atoms with Crippen molar-refractivity contribution in [3.8, 4) is 5.75 Å². The van der Waals surface area contributed by atoms with Crippen molar-refractivity contribution < 1.29 is 9.53 Å². The molecule has 0 unspecified atom stereocenters. The maximum absolute atomic E-state index is 13.2. The Morgan fingerprint density at radius 2 is 2.11 bits per heavy atom. The topological polar surface area (TPSA) is 74.4 Å². The van der Waals surface area contributed by atoms with Crippen LogP contribution in [0.3, 0.4) is 0 Å². The van der Waals surface area contributed by atoms with Gasteiger partial charge in [-0.3, -0.25) is 4.79 Å². The molecule has 7 nitrogen and oxygen atoms in total. The highest BCUT2D eigenvalue weighted by molar-refractivity contribution is 6.01. The van der Waals surface area contributed by atoms with Gasteiger partial charge in [-0.15, -0.1) is 0 Å². The van der Waals surface area contributed by atoms with Crippen molar-refractivity contribution in [1.29, 1.82) is 0 Å². The fraction of sp³-hybridized carbons (Fsp3) is 0.350. The molecule has 0 radical (unpaired) electrons. The van der Waals surface area contributed by atoms with Crippen LogP contribution in [0.5, 0.6) is 5.75 Å². The molecule has 3 heterocycles. The van der Waals surface area contributed by atoms with Crippen molar-refractivity contribution in [2.45, 2.75) is 19.9 Å². The van der Waals surface area contributed by atoms with Crippen LogP contribution in [-0.4, -0.2) is 53.5 Å². The molecule has 1 amide bonds. The number of aromatic amines is 1. The first-order valence-corrected chi connectivity index (χ1v) is 8.95. The van der Waals surface area contributed by atoms with Crippen LogP contribution in [0.25, 0.3) is 10.9 Å². The van der Waals surface area contributed by atoms with Crippen molar-refractivity contribution in [3.05, 3.63) is 47.0 Å². The predicted molar refractivity (Wildman–Crippen MR) is 104 cm³/mol. The molecule has 140 valence electrons. The molecule has 7 heteroatoms. The van der Waals surface area contributed by atoms with Crippen molar-refractivity contribution in [3.63, 3.8) is 0 Å². The Balaban J connectivity index is 1.66. The van der Waals surface area contributed by atoms with E-state index >= 15 is 0 Å². The van der Waals surface area contributed by atoms with Gasteiger partial charge in [0.2, 0.25) is 0 Å². The molecule has 0 bridgehead atoms. The van der Waals surface area contributed by atoms with E-state index in [-0.39, 0.29) is 5.91 Å². The molecule has 3 aromatic rings.